The first kappa shape index (κ1) is 24.3. The molecule has 2 amide bonds. The summed E-state index contributed by atoms with van der Waals surface area (Å²) in [6, 6.07) is 14.6. The number of benzene rings is 2. The smallest absolute Gasteiger partial charge is 0.262 e. The van der Waals surface area contributed by atoms with Crippen LogP contribution in [0.3, 0.4) is 0 Å². The summed E-state index contributed by atoms with van der Waals surface area (Å²) in [5.41, 5.74) is 1.30. The number of carbonyl (C=O) groups excluding carboxylic acids is 2. The fraction of sp³-hybridized carbons (Fsp3) is 0.320. The predicted molar refractivity (Wildman–Crippen MR) is 130 cm³/mol. The van der Waals surface area contributed by atoms with E-state index in [1.54, 1.807) is 24.3 Å². The predicted octanol–water partition coefficient (Wildman–Crippen LogP) is 4.83. The highest BCUT2D eigenvalue weighted by Gasteiger charge is 2.20. The van der Waals surface area contributed by atoms with E-state index in [0.29, 0.717) is 33.8 Å². The Balaban J connectivity index is 1.74. The van der Waals surface area contributed by atoms with Crippen molar-refractivity contribution in [1.29, 1.82) is 5.26 Å². The number of nitrogens with one attached hydrogen (secondary N) is 2. The maximum absolute atomic E-state index is 12.5. The molecule has 0 heterocycles. The number of amides is 2. The number of anilines is 1. The minimum Gasteiger partial charge on any atom is -0.490 e. The van der Waals surface area contributed by atoms with Crippen molar-refractivity contribution < 1.29 is 19.1 Å². The lowest BCUT2D eigenvalue weighted by molar-refractivity contribution is -0.118. The third-order valence-corrected chi connectivity index (χ3v) is 5.69. The molecule has 2 aromatic carbocycles. The molecule has 3 rings (SSSR count). The topological polar surface area (TPSA) is 100 Å². The first-order valence-corrected chi connectivity index (χ1v) is 11.7. The number of nitrogens with zero attached hydrogens (tertiary/aromatic N) is 1. The minimum absolute atomic E-state index is 0.0205. The Bertz CT molecular complexity index is 1060. The van der Waals surface area contributed by atoms with E-state index in [-0.39, 0.29) is 30.0 Å². The average molecular weight is 512 g/mol. The minimum atomic E-state index is -0.378. The number of halogens is 1. The van der Waals surface area contributed by atoms with Gasteiger partial charge in [-0.2, -0.15) is 5.26 Å². The van der Waals surface area contributed by atoms with Crippen molar-refractivity contribution in [3.8, 4) is 17.6 Å². The Kier molecular flexibility index (Phi) is 8.90. The van der Waals surface area contributed by atoms with Crippen molar-refractivity contribution in [2.24, 2.45) is 0 Å². The molecule has 2 aromatic rings. The van der Waals surface area contributed by atoms with Gasteiger partial charge in [-0.3, -0.25) is 9.59 Å². The molecule has 0 saturated heterocycles. The summed E-state index contributed by atoms with van der Waals surface area (Å²) in [5, 5.41) is 15.2. The highest BCUT2D eigenvalue weighted by molar-refractivity contribution is 9.10. The van der Waals surface area contributed by atoms with Gasteiger partial charge in [0.1, 0.15) is 11.6 Å². The number of carbonyl (C=O) groups is 2. The van der Waals surface area contributed by atoms with Gasteiger partial charge in [0.25, 0.3) is 11.8 Å². The van der Waals surface area contributed by atoms with Crippen LogP contribution >= 0.6 is 15.9 Å². The molecule has 2 N–H and O–H groups in total. The van der Waals surface area contributed by atoms with Crippen molar-refractivity contribution in [1.82, 2.24) is 5.32 Å². The van der Waals surface area contributed by atoms with Gasteiger partial charge in [-0.25, -0.2) is 0 Å². The van der Waals surface area contributed by atoms with Crippen LogP contribution < -0.4 is 20.1 Å². The monoisotopic (exact) mass is 511 g/mol. The van der Waals surface area contributed by atoms with Crippen LogP contribution in [0.5, 0.6) is 11.5 Å². The molecule has 172 valence electrons. The van der Waals surface area contributed by atoms with Gasteiger partial charge in [-0.15, -0.1) is 0 Å². The van der Waals surface area contributed by atoms with Crippen LogP contribution in [-0.4, -0.2) is 31.1 Å². The molecular weight excluding hydrogens is 486 g/mol. The van der Waals surface area contributed by atoms with E-state index in [1.807, 2.05) is 31.2 Å². The molecular formula is C25H26BrN3O4. The molecule has 1 aliphatic rings. The van der Waals surface area contributed by atoms with Gasteiger partial charge in [0.05, 0.1) is 11.1 Å². The summed E-state index contributed by atoms with van der Waals surface area (Å²) >= 11 is 3.46. The van der Waals surface area contributed by atoms with Crippen molar-refractivity contribution in [2.45, 2.75) is 38.6 Å². The summed E-state index contributed by atoms with van der Waals surface area (Å²) < 4.78 is 12.0. The summed E-state index contributed by atoms with van der Waals surface area (Å²) in [5.74, 6) is 0.0801. The Morgan fingerprint density at radius 1 is 1.18 bits per heavy atom. The SMILES string of the molecule is CCOc1cc(/C=C(/C#N)C(=O)NC2CCCC2)cc(Br)c1OCC(=O)Nc1ccccc1. The van der Waals surface area contributed by atoms with Gasteiger partial charge in [-0.05, 0) is 71.6 Å². The maximum Gasteiger partial charge on any atom is 0.262 e. The van der Waals surface area contributed by atoms with Gasteiger partial charge in [0.2, 0.25) is 0 Å². The first-order valence-electron chi connectivity index (χ1n) is 10.9. The Morgan fingerprint density at radius 2 is 1.91 bits per heavy atom. The molecule has 1 aliphatic carbocycles. The van der Waals surface area contributed by atoms with Crippen LogP contribution in [0.1, 0.15) is 38.2 Å². The fourth-order valence-electron chi connectivity index (χ4n) is 3.58. The maximum atomic E-state index is 12.5. The molecule has 8 heteroatoms. The molecule has 0 bridgehead atoms. The normalized spacial score (nSPS) is 13.8. The van der Waals surface area contributed by atoms with Gasteiger partial charge < -0.3 is 20.1 Å². The van der Waals surface area contributed by atoms with Gasteiger partial charge >= 0.3 is 0 Å². The zero-order chi connectivity index (χ0) is 23.6. The Hall–Kier alpha value is -3.31. The van der Waals surface area contributed by atoms with E-state index in [2.05, 4.69) is 26.6 Å². The molecule has 33 heavy (non-hydrogen) atoms. The molecule has 0 radical (unpaired) electrons. The van der Waals surface area contributed by atoms with Crippen LogP contribution in [-0.2, 0) is 9.59 Å². The summed E-state index contributed by atoms with van der Waals surface area (Å²) in [6.45, 7) is 1.99. The lowest BCUT2D eigenvalue weighted by Crippen LogP contribution is -2.33. The third kappa shape index (κ3) is 7.09. The van der Waals surface area contributed by atoms with E-state index in [4.69, 9.17) is 9.47 Å². The van der Waals surface area contributed by atoms with Gasteiger partial charge in [0, 0.05) is 11.7 Å². The number of hydrogen-bond donors (Lipinski definition) is 2. The summed E-state index contributed by atoms with van der Waals surface area (Å²) in [6.07, 6.45) is 5.57. The first-order chi connectivity index (χ1) is 16.0. The Morgan fingerprint density at radius 3 is 2.58 bits per heavy atom. The van der Waals surface area contributed by atoms with Gasteiger partial charge in [0.15, 0.2) is 18.1 Å². The van der Waals surface area contributed by atoms with Crippen LogP contribution in [0.15, 0.2) is 52.5 Å². The molecule has 0 spiro atoms. The second-order valence-corrected chi connectivity index (χ2v) is 8.44. The number of rotatable bonds is 9. The number of nitriles is 1. The zero-order valence-corrected chi connectivity index (χ0v) is 20.0. The van der Waals surface area contributed by atoms with E-state index >= 15 is 0 Å². The van der Waals surface area contributed by atoms with Crippen molar-refractivity contribution in [3.05, 3.63) is 58.1 Å². The lowest BCUT2D eigenvalue weighted by Gasteiger charge is -2.15. The van der Waals surface area contributed by atoms with E-state index in [1.165, 1.54) is 6.08 Å². The second-order valence-electron chi connectivity index (χ2n) is 7.59. The quantitative estimate of drug-likeness (QED) is 0.370. The largest absolute Gasteiger partial charge is 0.490 e. The van der Waals surface area contributed by atoms with Gasteiger partial charge in [-0.1, -0.05) is 31.0 Å². The van der Waals surface area contributed by atoms with Crippen LogP contribution in [0, 0.1) is 11.3 Å². The highest BCUT2D eigenvalue weighted by Crippen LogP contribution is 2.37. The number of ether oxygens (including phenoxy) is 2. The zero-order valence-electron chi connectivity index (χ0n) is 18.4. The van der Waals surface area contributed by atoms with E-state index in [0.717, 1.165) is 25.7 Å². The van der Waals surface area contributed by atoms with Crippen LogP contribution in [0.4, 0.5) is 5.69 Å². The number of para-hydroxylation sites is 1. The summed E-state index contributed by atoms with van der Waals surface area (Å²) in [4.78, 5) is 24.8. The molecule has 1 saturated carbocycles. The molecule has 0 aliphatic heterocycles. The van der Waals surface area contributed by atoms with E-state index < -0.39 is 0 Å². The third-order valence-electron chi connectivity index (χ3n) is 5.10. The van der Waals surface area contributed by atoms with Crippen molar-refractivity contribution >= 4 is 39.5 Å². The fourth-order valence-corrected chi connectivity index (χ4v) is 4.15. The van der Waals surface area contributed by atoms with Crippen molar-refractivity contribution in [3.63, 3.8) is 0 Å². The standard InChI is InChI=1S/C25H26BrN3O4/c1-2-32-22-14-17(12-18(15-27)25(31)29-20-10-6-7-11-20)13-21(26)24(22)33-16-23(30)28-19-8-4-3-5-9-19/h3-5,8-9,12-14,20H,2,6-7,10-11,16H2,1H3,(H,28,30)(H,29,31)/b18-12-. The van der Waals surface area contributed by atoms with Crippen molar-refractivity contribution in [2.75, 3.05) is 18.5 Å². The highest BCUT2D eigenvalue weighted by atomic mass is 79.9. The molecule has 1 fully saturated rings. The second kappa shape index (κ2) is 12.1. The van der Waals surface area contributed by atoms with Crippen LogP contribution in [0.2, 0.25) is 0 Å². The summed E-state index contributed by atoms with van der Waals surface area (Å²) in [7, 11) is 0. The molecule has 0 unspecified atom stereocenters. The molecule has 0 atom stereocenters. The molecule has 7 nitrogen and oxygen atoms in total. The van der Waals surface area contributed by atoms with E-state index in [9.17, 15) is 14.9 Å². The lowest BCUT2D eigenvalue weighted by atomic mass is 10.1. The van der Waals surface area contributed by atoms with Crippen LogP contribution in [0.25, 0.3) is 6.08 Å². The Labute approximate surface area is 201 Å². The average Bonchev–Trinajstić information content (AvgIpc) is 3.30. The molecule has 0 aromatic heterocycles. The number of hydrogen-bond acceptors (Lipinski definition) is 5.